The molecule has 2 aromatic heterocycles. The monoisotopic (exact) mass is 596 g/mol. The minimum Gasteiger partial charge on any atom is -0.490 e. The van der Waals surface area contributed by atoms with Crippen LogP contribution in [0.2, 0.25) is 0 Å². The number of alkyl halides is 3. The van der Waals surface area contributed by atoms with Crippen molar-refractivity contribution in [1.82, 2.24) is 24.8 Å². The van der Waals surface area contributed by atoms with Crippen LogP contribution in [0.4, 0.5) is 18.9 Å². The Morgan fingerprint density at radius 3 is 2.70 bits per heavy atom. The Hall–Kier alpha value is -4.36. The zero-order chi connectivity index (χ0) is 30.3. The number of aromatic amines is 2. The number of hydrogen-bond donors (Lipinski definition) is 4. The van der Waals surface area contributed by atoms with E-state index in [1.54, 1.807) is 12.1 Å². The largest absolute Gasteiger partial charge is 0.490 e. The third-order valence-corrected chi connectivity index (χ3v) is 8.02. The first-order chi connectivity index (χ1) is 20.6. The lowest BCUT2D eigenvalue weighted by Gasteiger charge is -2.34. The molecule has 10 nitrogen and oxygen atoms in total. The van der Waals surface area contributed by atoms with Gasteiger partial charge in [0.2, 0.25) is 0 Å². The van der Waals surface area contributed by atoms with E-state index in [9.17, 15) is 27.9 Å². The molecule has 2 aliphatic rings. The maximum Gasteiger partial charge on any atom is 0.419 e. The SMILES string of the molecule is CN1CCC(N2Cc3cc4nc(-c5c(NC[C@@H](O)COc6ccccc6C(F)(F)F)cc[nH]c5=O)[nH]c4cc3C2=O)CC1. The molecule has 0 aliphatic carbocycles. The highest BCUT2D eigenvalue weighted by Gasteiger charge is 2.35. The van der Waals surface area contributed by atoms with Gasteiger partial charge in [-0.15, -0.1) is 0 Å². The maximum absolute atomic E-state index is 13.3. The van der Waals surface area contributed by atoms with E-state index in [1.165, 1.54) is 24.4 Å². The van der Waals surface area contributed by atoms with Crippen molar-refractivity contribution in [2.45, 2.75) is 37.7 Å². The third kappa shape index (κ3) is 5.82. The van der Waals surface area contributed by atoms with Crippen molar-refractivity contribution in [2.24, 2.45) is 0 Å². The number of nitrogens with one attached hydrogen (secondary N) is 3. The quantitative estimate of drug-likeness (QED) is 0.244. The van der Waals surface area contributed by atoms with Crippen LogP contribution >= 0.6 is 0 Å². The fraction of sp³-hybridized carbons (Fsp3) is 0.367. The molecule has 13 heteroatoms. The van der Waals surface area contributed by atoms with Gasteiger partial charge >= 0.3 is 6.18 Å². The number of carbonyl (C=O) groups is 1. The average Bonchev–Trinajstić information content (AvgIpc) is 3.53. The van der Waals surface area contributed by atoms with Crippen molar-refractivity contribution >= 4 is 22.6 Å². The zero-order valence-corrected chi connectivity index (χ0v) is 23.4. The molecule has 2 aromatic carbocycles. The molecule has 1 atom stereocenters. The van der Waals surface area contributed by atoms with E-state index >= 15 is 0 Å². The molecule has 0 spiro atoms. The van der Waals surface area contributed by atoms with E-state index in [0.29, 0.717) is 28.8 Å². The van der Waals surface area contributed by atoms with Crippen molar-refractivity contribution in [3.8, 4) is 17.1 Å². The van der Waals surface area contributed by atoms with E-state index in [-0.39, 0.29) is 35.6 Å². The van der Waals surface area contributed by atoms with Crippen molar-refractivity contribution in [3.63, 3.8) is 0 Å². The number of benzene rings is 2. The summed E-state index contributed by atoms with van der Waals surface area (Å²) in [6, 6.07) is 10.2. The Morgan fingerprint density at radius 2 is 1.93 bits per heavy atom. The van der Waals surface area contributed by atoms with E-state index in [0.717, 1.165) is 37.6 Å². The molecule has 4 heterocycles. The molecule has 43 heavy (non-hydrogen) atoms. The standard InChI is InChI=1S/C30H31F3N6O4/c1-38-10-7-18(8-11-38)39-15-17-12-23-24(13-20(17)29(39)42)37-27(36-23)26-22(6-9-34-28(26)41)35-14-19(40)16-43-25-5-3-2-4-21(25)30(31,32)33/h2-6,9,12-13,18-19,40H,7-8,10-11,14-16H2,1H3,(H,36,37)(H2,34,35,41)/t19-/m1/s1. The fourth-order valence-electron chi connectivity index (χ4n) is 5.72. The summed E-state index contributed by atoms with van der Waals surface area (Å²) < 4.78 is 45.0. The van der Waals surface area contributed by atoms with Gasteiger partial charge in [-0.2, -0.15) is 13.2 Å². The van der Waals surface area contributed by atoms with E-state index < -0.39 is 30.0 Å². The van der Waals surface area contributed by atoms with Gasteiger partial charge in [0, 0.05) is 30.9 Å². The second kappa shape index (κ2) is 11.4. The normalized spacial score (nSPS) is 17.0. The first kappa shape index (κ1) is 28.7. The predicted octanol–water partition coefficient (Wildman–Crippen LogP) is 3.84. The van der Waals surface area contributed by atoms with Gasteiger partial charge in [0.25, 0.3) is 11.5 Å². The van der Waals surface area contributed by atoms with Crippen LogP contribution in [0.1, 0.15) is 34.3 Å². The van der Waals surface area contributed by atoms with E-state index in [4.69, 9.17) is 4.74 Å². The molecule has 0 saturated carbocycles. The molecule has 1 amide bonds. The highest BCUT2D eigenvalue weighted by molar-refractivity contribution is 6.02. The molecule has 0 bridgehead atoms. The first-order valence-corrected chi connectivity index (χ1v) is 14.0. The number of aromatic nitrogens is 3. The van der Waals surface area contributed by atoms with E-state index in [2.05, 4.69) is 32.2 Å². The number of ether oxygens (including phenoxy) is 1. The van der Waals surface area contributed by atoms with Crippen LogP contribution in [-0.2, 0) is 12.7 Å². The smallest absolute Gasteiger partial charge is 0.419 e. The van der Waals surface area contributed by atoms with Crippen molar-refractivity contribution in [3.05, 3.63) is 75.7 Å². The van der Waals surface area contributed by atoms with Gasteiger partial charge in [-0.05, 0) is 68.9 Å². The minimum absolute atomic E-state index is 0.00317. The topological polar surface area (TPSA) is 127 Å². The summed E-state index contributed by atoms with van der Waals surface area (Å²) in [5.74, 6) is -0.114. The van der Waals surface area contributed by atoms with Crippen LogP contribution in [0.5, 0.6) is 5.75 Å². The number of aliphatic hydroxyl groups is 1. The molecule has 226 valence electrons. The van der Waals surface area contributed by atoms with Gasteiger partial charge in [0.15, 0.2) is 0 Å². The van der Waals surface area contributed by atoms with Crippen LogP contribution in [0, 0.1) is 0 Å². The number of para-hydroxylation sites is 1. The van der Waals surface area contributed by atoms with E-state index in [1.807, 2.05) is 11.0 Å². The molecule has 1 saturated heterocycles. The van der Waals surface area contributed by atoms with Gasteiger partial charge in [-0.25, -0.2) is 4.98 Å². The third-order valence-electron chi connectivity index (χ3n) is 8.02. The number of amides is 1. The predicted molar refractivity (Wildman–Crippen MR) is 154 cm³/mol. The molecule has 0 radical (unpaired) electrons. The molecular formula is C30H31F3N6O4. The van der Waals surface area contributed by atoms with Crippen LogP contribution in [0.3, 0.4) is 0 Å². The molecule has 6 rings (SSSR count). The number of fused-ring (bicyclic) bond motifs is 2. The van der Waals surface area contributed by atoms with Gasteiger partial charge in [0.1, 0.15) is 29.8 Å². The first-order valence-electron chi connectivity index (χ1n) is 14.0. The van der Waals surface area contributed by atoms with Crippen molar-refractivity contribution in [1.29, 1.82) is 0 Å². The Morgan fingerprint density at radius 1 is 1.16 bits per heavy atom. The lowest BCUT2D eigenvalue weighted by molar-refractivity contribution is -0.139. The fourth-order valence-corrected chi connectivity index (χ4v) is 5.72. The molecule has 4 aromatic rings. The number of rotatable bonds is 8. The highest BCUT2D eigenvalue weighted by Crippen LogP contribution is 2.36. The second-order valence-electron chi connectivity index (χ2n) is 11.0. The lowest BCUT2D eigenvalue weighted by atomic mass is 10.0. The molecule has 4 N–H and O–H groups in total. The summed E-state index contributed by atoms with van der Waals surface area (Å²) in [5, 5.41) is 13.4. The summed E-state index contributed by atoms with van der Waals surface area (Å²) in [6.45, 7) is 1.91. The Kier molecular flexibility index (Phi) is 7.61. The van der Waals surface area contributed by atoms with Crippen LogP contribution in [0.15, 0.2) is 53.5 Å². The summed E-state index contributed by atoms with van der Waals surface area (Å²) in [7, 11) is 2.08. The molecule has 1 fully saturated rings. The summed E-state index contributed by atoms with van der Waals surface area (Å²) in [6.07, 6.45) is -2.48. The van der Waals surface area contributed by atoms with Gasteiger partial charge in [0.05, 0.1) is 22.3 Å². The lowest BCUT2D eigenvalue weighted by Crippen LogP contribution is -2.43. The average molecular weight is 597 g/mol. The van der Waals surface area contributed by atoms with Crippen LogP contribution < -0.4 is 15.6 Å². The summed E-state index contributed by atoms with van der Waals surface area (Å²) in [5.41, 5.74) is 1.91. The van der Waals surface area contributed by atoms with Crippen LogP contribution in [-0.4, -0.2) is 81.2 Å². The zero-order valence-electron chi connectivity index (χ0n) is 23.4. The Labute approximate surface area is 244 Å². The van der Waals surface area contributed by atoms with Gasteiger partial charge in [-0.3, -0.25) is 9.59 Å². The highest BCUT2D eigenvalue weighted by atomic mass is 19.4. The number of aliphatic hydroxyl groups excluding tert-OH is 1. The summed E-state index contributed by atoms with van der Waals surface area (Å²) in [4.78, 5) is 40.8. The number of halogens is 3. The summed E-state index contributed by atoms with van der Waals surface area (Å²) >= 11 is 0. The second-order valence-corrected chi connectivity index (χ2v) is 11.0. The number of carbonyl (C=O) groups excluding carboxylic acids is 1. The number of imidazole rings is 1. The maximum atomic E-state index is 13.3. The number of H-pyrrole nitrogens is 2. The minimum atomic E-state index is -4.59. The van der Waals surface area contributed by atoms with Gasteiger partial charge < -0.3 is 34.9 Å². The molecule has 2 aliphatic heterocycles. The number of hydrogen-bond acceptors (Lipinski definition) is 7. The number of anilines is 1. The van der Waals surface area contributed by atoms with Gasteiger partial charge in [-0.1, -0.05) is 12.1 Å². The molecule has 0 unspecified atom stereocenters. The Balaban J connectivity index is 1.17. The Bertz CT molecular complexity index is 1710. The number of pyridine rings is 1. The number of likely N-dealkylation sites (tertiary alicyclic amines) is 1. The molecular weight excluding hydrogens is 565 g/mol. The number of piperidine rings is 1. The number of nitrogens with zero attached hydrogens (tertiary/aromatic N) is 3. The van der Waals surface area contributed by atoms with Crippen molar-refractivity contribution < 1.29 is 27.8 Å². The van der Waals surface area contributed by atoms with Crippen molar-refractivity contribution in [2.75, 3.05) is 38.6 Å². The van der Waals surface area contributed by atoms with Crippen LogP contribution in [0.25, 0.3) is 22.4 Å².